The molecule has 0 aromatic heterocycles. The van der Waals surface area contributed by atoms with Crippen LogP contribution in [-0.4, -0.2) is 30.2 Å². The molecule has 2 aromatic carbocycles. The lowest BCUT2D eigenvalue weighted by Gasteiger charge is -2.12. The van der Waals surface area contributed by atoms with Gasteiger partial charge in [-0.05, 0) is 42.8 Å². The van der Waals surface area contributed by atoms with E-state index in [1.807, 2.05) is 6.92 Å². The Balaban J connectivity index is 2.28. The quantitative estimate of drug-likeness (QED) is 0.523. The van der Waals surface area contributed by atoms with Gasteiger partial charge in [-0.25, -0.2) is 4.79 Å². The minimum absolute atomic E-state index is 0.244. The van der Waals surface area contributed by atoms with Crippen molar-refractivity contribution < 1.29 is 24.2 Å². The van der Waals surface area contributed by atoms with Crippen molar-refractivity contribution in [3.8, 4) is 11.5 Å². The number of hydrogen-bond acceptors (Lipinski definition) is 4. The topological polar surface area (TPSA) is 84.9 Å². The second-order valence-electron chi connectivity index (χ2n) is 5.42. The molecule has 0 unspecified atom stereocenters. The number of carboxylic acids is 1. The zero-order valence-corrected chi connectivity index (χ0v) is 15.0. The minimum atomic E-state index is -1.25. The van der Waals surface area contributed by atoms with Gasteiger partial charge >= 0.3 is 5.97 Å². The van der Waals surface area contributed by atoms with E-state index in [-0.39, 0.29) is 5.70 Å². The molecule has 0 spiro atoms. The third-order valence-corrected chi connectivity index (χ3v) is 3.45. The summed E-state index contributed by atoms with van der Waals surface area (Å²) in [4.78, 5) is 23.8. The largest absolute Gasteiger partial charge is 0.490 e. The number of carbonyl (C=O) groups excluding carboxylic acids is 1. The van der Waals surface area contributed by atoms with Crippen molar-refractivity contribution in [3.63, 3.8) is 0 Å². The van der Waals surface area contributed by atoms with Crippen LogP contribution >= 0.6 is 0 Å². The average molecular weight is 367 g/mol. The number of carbonyl (C=O) groups is 2. The second kappa shape index (κ2) is 9.82. The van der Waals surface area contributed by atoms with Crippen molar-refractivity contribution in [2.24, 2.45) is 0 Å². The maximum Gasteiger partial charge on any atom is 0.352 e. The molecular formula is C21H21NO5. The smallest absolute Gasteiger partial charge is 0.352 e. The van der Waals surface area contributed by atoms with E-state index in [4.69, 9.17) is 9.47 Å². The van der Waals surface area contributed by atoms with Crippen molar-refractivity contribution in [2.75, 3.05) is 13.2 Å². The first-order chi connectivity index (χ1) is 13.0. The Kier molecular flexibility index (Phi) is 7.19. The van der Waals surface area contributed by atoms with E-state index in [9.17, 15) is 14.7 Å². The van der Waals surface area contributed by atoms with Crippen molar-refractivity contribution >= 4 is 18.0 Å². The van der Waals surface area contributed by atoms with E-state index < -0.39 is 11.9 Å². The molecule has 2 aromatic rings. The van der Waals surface area contributed by atoms with E-state index in [1.165, 1.54) is 6.08 Å². The third-order valence-electron chi connectivity index (χ3n) is 3.45. The summed E-state index contributed by atoms with van der Waals surface area (Å²) in [5, 5.41) is 11.8. The summed E-state index contributed by atoms with van der Waals surface area (Å²) < 4.78 is 11.1. The van der Waals surface area contributed by atoms with E-state index in [0.29, 0.717) is 35.8 Å². The average Bonchev–Trinajstić information content (AvgIpc) is 2.67. The lowest BCUT2D eigenvalue weighted by molar-refractivity contribution is -0.132. The molecule has 1 amide bonds. The van der Waals surface area contributed by atoms with Gasteiger partial charge < -0.3 is 19.9 Å². The first kappa shape index (κ1) is 19.8. The van der Waals surface area contributed by atoms with Crippen molar-refractivity contribution in [1.29, 1.82) is 0 Å². The highest BCUT2D eigenvalue weighted by Crippen LogP contribution is 2.29. The van der Waals surface area contributed by atoms with Crippen LogP contribution in [0.25, 0.3) is 6.08 Å². The van der Waals surface area contributed by atoms with Crippen LogP contribution in [-0.2, 0) is 4.79 Å². The number of aliphatic carboxylic acids is 1. The number of nitrogens with one attached hydrogen (secondary N) is 1. The predicted octanol–water partition coefficient (Wildman–Crippen LogP) is 3.51. The molecule has 0 heterocycles. The van der Waals surface area contributed by atoms with Gasteiger partial charge in [-0.15, -0.1) is 0 Å². The first-order valence-electron chi connectivity index (χ1n) is 8.37. The standard InChI is InChI=1S/C21H21NO5/c1-3-12-27-18-11-10-15(14-19(18)26-4-2)13-17(21(24)25)22-20(23)16-8-6-5-7-9-16/h3,5-11,13-14H,1,4,12H2,2H3,(H,22,23)(H,24,25). The summed E-state index contributed by atoms with van der Waals surface area (Å²) in [6.45, 7) is 6.18. The fraction of sp³-hybridized carbons (Fsp3) is 0.143. The number of rotatable bonds is 9. The molecule has 0 aliphatic carbocycles. The highest BCUT2D eigenvalue weighted by Gasteiger charge is 2.14. The predicted molar refractivity (Wildman–Crippen MR) is 103 cm³/mol. The molecule has 140 valence electrons. The molecule has 0 aliphatic heterocycles. The molecule has 27 heavy (non-hydrogen) atoms. The van der Waals surface area contributed by atoms with Crippen molar-refractivity contribution in [2.45, 2.75) is 6.92 Å². The fourth-order valence-electron chi connectivity index (χ4n) is 2.25. The molecule has 0 bridgehead atoms. The third kappa shape index (κ3) is 5.74. The summed E-state index contributed by atoms with van der Waals surface area (Å²) in [5.74, 6) is -0.740. The molecule has 0 aliphatic rings. The zero-order valence-electron chi connectivity index (χ0n) is 15.0. The van der Waals surface area contributed by atoms with Gasteiger partial charge in [0.1, 0.15) is 12.3 Å². The maximum atomic E-state index is 12.2. The van der Waals surface area contributed by atoms with E-state index in [0.717, 1.165) is 0 Å². The summed E-state index contributed by atoms with van der Waals surface area (Å²) in [6.07, 6.45) is 2.98. The second-order valence-corrected chi connectivity index (χ2v) is 5.42. The Morgan fingerprint density at radius 3 is 2.48 bits per heavy atom. The van der Waals surface area contributed by atoms with E-state index in [1.54, 1.807) is 54.6 Å². The van der Waals surface area contributed by atoms with Gasteiger partial charge in [0, 0.05) is 5.56 Å². The molecule has 0 saturated heterocycles. The van der Waals surface area contributed by atoms with E-state index >= 15 is 0 Å². The normalized spacial score (nSPS) is 10.8. The molecule has 6 heteroatoms. The fourth-order valence-corrected chi connectivity index (χ4v) is 2.25. The Morgan fingerprint density at radius 1 is 1.11 bits per heavy atom. The summed E-state index contributed by atoms with van der Waals surface area (Å²) in [5.41, 5.74) is 0.675. The lowest BCUT2D eigenvalue weighted by Crippen LogP contribution is -2.27. The van der Waals surface area contributed by atoms with Crippen LogP contribution in [0.15, 0.2) is 66.9 Å². The number of hydrogen-bond donors (Lipinski definition) is 2. The number of benzene rings is 2. The number of amides is 1. The van der Waals surface area contributed by atoms with Crippen LogP contribution in [0.4, 0.5) is 0 Å². The Hall–Kier alpha value is -3.54. The maximum absolute atomic E-state index is 12.2. The molecule has 0 saturated carbocycles. The molecule has 2 rings (SSSR count). The number of ether oxygens (including phenoxy) is 2. The van der Waals surface area contributed by atoms with Crippen LogP contribution in [0.5, 0.6) is 11.5 Å². The molecule has 6 nitrogen and oxygen atoms in total. The Morgan fingerprint density at radius 2 is 1.85 bits per heavy atom. The van der Waals surface area contributed by atoms with Crippen LogP contribution in [0.3, 0.4) is 0 Å². The van der Waals surface area contributed by atoms with Gasteiger partial charge in [-0.2, -0.15) is 0 Å². The van der Waals surface area contributed by atoms with Crippen molar-refractivity contribution in [1.82, 2.24) is 5.32 Å². The van der Waals surface area contributed by atoms with Gasteiger partial charge in [0.2, 0.25) is 0 Å². The van der Waals surface area contributed by atoms with Gasteiger partial charge in [0.15, 0.2) is 11.5 Å². The summed E-state index contributed by atoms with van der Waals surface area (Å²) in [6, 6.07) is 13.4. The Labute approximate surface area is 157 Å². The Bertz CT molecular complexity index is 843. The van der Waals surface area contributed by atoms with Crippen LogP contribution in [0.1, 0.15) is 22.8 Å². The molecule has 0 fully saturated rings. The summed E-state index contributed by atoms with van der Waals surface area (Å²) >= 11 is 0. The molecule has 2 N–H and O–H groups in total. The monoisotopic (exact) mass is 367 g/mol. The minimum Gasteiger partial charge on any atom is -0.490 e. The first-order valence-corrected chi connectivity index (χ1v) is 8.37. The highest BCUT2D eigenvalue weighted by molar-refractivity contribution is 6.02. The van der Waals surface area contributed by atoms with Crippen molar-refractivity contribution in [3.05, 3.63) is 78.0 Å². The lowest BCUT2D eigenvalue weighted by atomic mass is 10.1. The highest BCUT2D eigenvalue weighted by atomic mass is 16.5. The zero-order chi connectivity index (χ0) is 19.6. The molecule has 0 atom stereocenters. The van der Waals surface area contributed by atoms with Gasteiger partial charge in [-0.3, -0.25) is 4.79 Å². The van der Waals surface area contributed by atoms with Gasteiger partial charge in [0.25, 0.3) is 5.91 Å². The number of carboxylic acid groups (broad SMARTS) is 1. The SMILES string of the molecule is C=CCOc1ccc(C=C(NC(=O)c2ccccc2)C(=O)O)cc1OCC. The molecule has 0 radical (unpaired) electrons. The van der Waals surface area contributed by atoms with Crippen LogP contribution in [0, 0.1) is 0 Å². The van der Waals surface area contributed by atoms with Crippen LogP contribution < -0.4 is 14.8 Å². The summed E-state index contributed by atoms with van der Waals surface area (Å²) in [7, 11) is 0. The van der Waals surface area contributed by atoms with Crippen LogP contribution in [0.2, 0.25) is 0 Å². The van der Waals surface area contributed by atoms with Gasteiger partial charge in [0.05, 0.1) is 6.61 Å². The van der Waals surface area contributed by atoms with E-state index in [2.05, 4.69) is 11.9 Å². The van der Waals surface area contributed by atoms with Gasteiger partial charge in [-0.1, -0.05) is 36.9 Å². The molecular weight excluding hydrogens is 346 g/mol.